The minimum atomic E-state index is -0.571. The molecule has 0 unspecified atom stereocenters. The molecular formula is C21H35N3O3. The van der Waals surface area contributed by atoms with Crippen molar-refractivity contribution in [2.24, 2.45) is 0 Å². The summed E-state index contributed by atoms with van der Waals surface area (Å²) in [4.78, 5) is 31.0. The van der Waals surface area contributed by atoms with E-state index in [4.69, 9.17) is 4.74 Å². The van der Waals surface area contributed by atoms with Crippen LogP contribution in [0.5, 0.6) is 0 Å². The fourth-order valence-electron chi connectivity index (χ4n) is 2.69. The number of carbonyl (C=O) groups is 2. The van der Waals surface area contributed by atoms with Crippen LogP contribution in [-0.4, -0.2) is 74.1 Å². The van der Waals surface area contributed by atoms with Crippen LogP contribution in [-0.2, 0) is 9.53 Å². The first-order chi connectivity index (χ1) is 12.6. The molecule has 0 aromatic heterocycles. The van der Waals surface area contributed by atoms with Crippen molar-refractivity contribution in [2.75, 3.05) is 51.7 Å². The molecule has 0 atom stereocenters. The summed E-state index contributed by atoms with van der Waals surface area (Å²) < 4.78 is 5.39. The van der Waals surface area contributed by atoms with Crippen LogP contribution in [0.15, 0.2) is 24.3 Å². The monoisotopic (exact) mass is 377 g/mol. The molecule has 0 fully saturated rings. The third kappa shape index (κ3) is 7.99. The summed E-state index contributed by atoms with van der Waals surface area (Å²) in [6.07, 6.45) is 0. The second-order valence-electron chi connectivity index (χ2n) is 7.84. The van der Waals surface area contributed by atoms with Gasteiger partial charge in [0.1, 0.15) is 12.1 Å². The van der Waals surface area contributed by atoms with E-state index in [0.717, 1.165) is 18.8 Å². The van der Waals surface area contributed by atoms with Gasteiger partial charge in [-0.1, -0.05) is 0 Å². The molecule has 1 aromatic carbocycles. The van der Waals surface area contributed by atoms with Gasteiger partial charge in [-0.25, -0.2) is 0 Å². The molecule has 0 radical (unpaired) electrons. The first-order valence-corrected chi connectivity index (χ1v) is 9.58. The molecule has 0 aliphatic rings. The Hall–Kier alpha value is -2.08. The van der Waals surface area contributed by atoms with E-state index in [2.05, 4.69) is 18.7 Å². The molecular weight excluding hydrogens is 342 g/mol. The zero-order valence-corrected chi connectivity index (χ0v) is 17.9. The number of nitrogens with zero attached hydrogens (tertiary/aromatic N) is 3. The number of hydrogen-bond acceptors (Lipinski definition) is 5. The Labute approximate surface area is 164 Å². The summed E-state index contributed by atoms with van der Waals surface area (Å²) in [5.74, 6) is -0.553. The highest BCUT2D eigenvalue weighted by Crippen LogP contribution is 2.16. The molecule has 1 aromatic rings. The maximum absolute atomic E-state index is 13.0. The molecule has 0 saturated heterocycles. The van der Waals surface area contributed by atoms with Crippen molar-refractivity contribution in [3.8, 4) is 0 Å². The Morgan fingerprint density at radius 1 is 0.963 bits per heavy atom. The molecule has 6 heteroatoms. The van der Waals surface area contributed by atoms with Gasteiger partial charge in [-0.05, 0) is 73.0 Å². The smallest absolute Gasteiger partial charge is 0.326 e. The van der Waals surface area contributed by atoms with Gasteiger partial charge in [-0.15, -0.1) is 0 Å². The summed E-state index contributed by atoms with van der Waals surface area (Å²) >= 11 is 0. The topological polar surface area (TPSA) is 53.1 Å². The number of amides is 1. The lowest BCUT2D eigenvalue weighted by Gasteiger charge is -2.26. The second kappa shape index (κ2) is 10.3. The zero-order valence-electron chi connectivity index (χ0n) is 17.9. The van der Waals surface area contributed by atoms with Gasteiger partial charge < -0.3 is 19.4 Å². The number of hydrogen-bond donors (Lipinski definition) is 0. The summed E-state index contributed by atoms with van der Waals surface area (Å²) in [6, 6.07) is 7.57. The average Bonchev–Trinajstić information content (AvgIpc) is 2.58. The number of esters is 1. The van der Waals surface area contributed by atoms with Crippen molar-refractivity contribution >= 4 is 17.6 Å². The number of anilines is 1. The molecule has 27 heavy (non-hydrogen) atoms. The van der Waals surface area contributed by atoms with Crippen molar-refractivity contribution in [1.82, 2.24) is 9.80 Å². The summed E-state index contributed by atoms with van der Waals surface area (Å²) in [5, 5.41) is 0. The molecule has 0 bridgehead atoms. The van der Waals surface area contributed by atoms with Gasteiger partial charge in [-0.3, -0.25) is 9.59 Å². The lowest BCUT2D eigenvalue weighted by Crippen LogP contribution is -2.42. The maximum Gasteiger partial charge on any atom is 0.326 e. The highest BCUT2D eigenvalue weighted by Gasteiger charge is 2.23. The van der Waals surface area contributed by atoms with Gasteiger partial charge in [0.25, 0.3) is 5.91 Å². The Kier molecular flexibility index (Phi) is 8.76. The molecule has 0 N–H and O–H groups in total. The summed E-state index contributed by atoms with van der Waals surface area (Å²) in [6.45, 7) is 12.6. The fraction of sp³-hybridized carbons (Fsp3) is 0.619. The molecule has 1 rings (SSSR count). The second-order valence-corrected chi connectivity index (χ2v) is 7.84. The highest BCUT2D eigenvalue weighted by molar-refractivity contribution is 5.96. The van der Waals surface area contributed by atoms with E-state index >= 15 is 0 Å². The lowest BCUT2D eigenvalue weighted by atomic mass is 10.1. The van der Waals surface area contributed by atoms with Crippen LogP contribution in [0.2, 0.25) is 0 Å². The normalized spacial score (nSPS) is 11.4. The van der Waals surface area contributed by atoms with Crippen molar-refractivity contribution in [3.63, 3.8) is 0 Å². The zero-order chi connectivity index (χ0) is 20.6. The van der Waals surface area contributed by atoms with E-state index in [1.165, 1.54) is 0 Å². The Morgan fingerprint density at radius 2 is 1.52 bits per heavy atom. The van der Waals surface area contributed by atoms with Crippen LogP contribution < -0.4 is 4.90 Å². The van der Waals surface area contributed by atoms with Crippen molar-refractivity contribution in [3.05, 3.63) is 29.8 Å². The quantitative estimate of drug-likeness (QED) is 0.620. The van der Waals surface area contributed by atoms with E-state index in [1.54, 1.807) is 4.90 Å². The Morgan fingerprint density at radius 3 is 1.96 bits per heavy atom. The predicted molar refractivity (Wildman–Crippen MR) is 110 cm³/mol. The highest BCUT2D eigenvalue weighted by atomic mass is 16.6. The van der Waals surface area contributed by atoms with E-state index in [1.807, 2.05) is 64.0 Å². The van der Waals surface area contributed by atoms with E-state index in [-0.39, 0.29) is 12.5 Å². The average molecular weight is 378 g/mol. The van der Waals surface area contributed by atoms with Gasteiger partial charge in [0.05, 0.1) is 0 Å². The number of ether oxygens (including phenoxy) is 1. The maximum atomic E-state index is 13.0. The van der Waals surface area contributed by atoms with Gasteiger partial charge in [0, 0.05) is 37.4 Å². The Bertz CT molecular complexity index is 602. The largest absolute Gasteiger partial charge is 0.459 e. The minimum absolute atomic E-state index is 0.0538. The molecule has 0 spiro atoms. The fourth-order valence-corrected chi connectivity index (χ4v) is 2.69. The van der Waals surface area contributed by atoms with Gasteiger partial charge in [-0.2, -0.15) is 0 Å². The number of carbonyl (C=O) groups excluding carboxylic acids is 2. The number of likely N-dealkylation sites (N-methyl/N-ethyl adjacent to an activating group) is 1. The van der Waals surface area contributed by atoms with Crippen molar-refractivity contribution in [2.45, 2.75) is 40.2 Å². The molecule has 0 aliphatic carbocycles. The Balaban J connectivity index is 2.93. The summed E-state index contributed by atoms with van der Waals surface area (Å²) in [7, 11) is 3.88. The van der Waals surface area contributed by atoms with Crippen LogP contribution in [0.1, 0.15) is 45.0 Å². The molecule has 1 amide bonds. The number of benzene rings is 1. The molecule has 0 heterocycles. The van der Waals surface area contributed by atoms with E-state index < -0.39 is 11.6 Å². The van der Waals surface area contributed by atoms with Gasteiger partial charge in [0.15, 0.2) is 0 Å². The standard InChI is InChI=1S/C21H35N3O3/c1-8-23(9-2)18-12-10-17(11-13-18)20(26)24(15-14-22(6)7)16-19(25)27-21(3,4)5/h10-13H,8-9,14-16H2,1-7H3. The number of rotatable bonds is 9. The van der Waals surface area contributed by atoms with Crippen molar-refractivity contribution < 1.29 is 14.3 Å². The van der Waals surface area contributed by atoms with E-state index in [0.29, 0.717) is 18.7 Å². The van der Waals surface area contributed by atoms with Crippen LogP contribution in [0, 0.1) is 0 Å². The van der Waals surface area contributed by atoms with Crippen LogP contribution in [0.4, 0.5) is 5.69 Å². The summed E-state index contributed by atoms with van der Waals surface area (Å²) in [5.41, 5.74) is 1.09. The third-order valence-electron chi connectivity index (χ3n) is 4.09. The van der Waals surface area contributed by atoms with Crippen LogP contribution in [0.3, 0.4) is 0 Å². The third-order valence-corrected chi connectivity index (χ3v) is 4.09. The molecule has 6 nitrogen and oxygen atoms in total. The molecule has 0 saturated carbocycles. The predicted octanol–water partition coefficient (Wildman–Crippen LogP) is 2.88. The molecule has 152 valence electrons. The molecule has 0 aliphatic heterocycles. The van der Waals surface area contributed by atoms with Crippen LogP contribution in [0.25, 0.3) is 0 Å². The van der Waals surface area contributed by atoms with Gasteiger partial charge >= 0.3 is 5.97 Å². The van der Waals surface area contributed by atoms with Crippen molar-refractivity contribution in [1.29, 1.82) is 0 Å². The first kappa shape index (κ1) is 23.0. The SMILES string of the molecule is CCN(CC)c1ccc(C(=O)N(CCN(C)C)CC(=O)OC(C)(C)C)cc1. The lowest BCUT2D eigenvalue weighted by molar-refractivity contribution is -0.155. The van der Waals surface area contributed by atoms with Crippen LogP contribution >= 0.6 is 0 Å². The van der Waals surface area contributed by atoms with Gasteiger partial charge in [0.2, 0.25) is 0 Å². The first-order valence-electron chi connectivity index (χ1n) is 9.58. The van der Waals surface area contributed by atoms with E-state index in [9.17, 15) is 9.59 Å². The minimum Gasteiger partial charge on any atom is -0.459 e.